The zero-order valence-electron chi connectivity index (χ0n) is 14.1. The van der Waals surface area contributed by atoms with Gasteiger partial charge in [-0.3, -0.25) is 9.59 Å². The van der Waals surface area contributed by atoms with E-state index >= 15 is 0 Å². The minimum Gasteiger partial charge on any atom is -0.326 e. The number of nitrogens with zero attached hydrogens (tertiary/aromatic N) is 1. The molecule has 5 nitrogen and oxygen atoms in total. The van der Waals surface area contributed by atoms with Crippen LogP contribution in [0.15, 0.2) is 47.6 Å². The minimum atomic E-state index is -0.388. The number of hydrogen-bond donors (Lipinski definition) is 2. The fraction of sp³-hybridized carbons (Fsp3) is 0.211. The van der Waals surface area contributed by atoms with E-state index in [0.717, 1.165) is 18.4 Å². The fourth-order valence-corrected chi connectivity index (χ4v) is 2.61. The Bertz CT molecular complexity index is 892. The summed E-state index contributed by atoms with van der Waals surface area (Å²) in [6, 6.07) is 12.0. The van der Waals surface area contributed by atoms with Crippen LogP contribution in [0.3, 0.4) is 0 Å². The Morgan fingerprint density at radius 2 is 1.81 bits per heavy atom. The van der Waals surface area contributed by atoms with E-state index in [1.807, 2.05) is 24.3 Å². The van der Waals surface area contributed by atoms with Gasteiger partial charge < -0.3 is 5.32 Å². The number of hydrazone groups is 1. The first-order valence-electron chi connectivity index (χ1n) is 8.15. The lowest BCUT2D eigenvalue weighted by atomic mass is 10.1. The Morgan fingerprint density at radius 3 is 2.50 bits per heavy atom. The zero-order valence-corrected chi connectivity index (χ0v) is 15.6. The van der Waals surface area contributed by atoms with Crippen molar-refractivity contribution >= 4 is 46.4 Å². The van der Waals surface area contributed by atoms with Crippen molar-refractivity contribution < 1.29 is 9.59 Å². The standard InChI is InChI=1S/C19H17Cl2N3O2/c1-11(23-24-19(26)14-7-8-16(20)17(21)10-14)13-3-2-4-15(9-13)22-18(25)12-5-6-12/h2-4,7-10,12H,5-6H2,1H3,(H,22,25)(H,24,26). The summed E-state index contributed by atoms with van der Waals surface area (Å²) in [5.74, 6) is -0.204. The Balaban J connectivity index is 1.67. The van der Waals surface area contributed by atoms with Gasteiger partial charge >= 0.3 is 0 Å². The molecule has 1 aliphatic rings. The molecule has 2 amide bonds. The molecular formula is C19H17Cl2N3O2. The summed E-state index contributed by atoms with van der Waals surface area (Å²) in [5.41, 5.74) is 4.98. The molecule has 134 valence electrons. The average molecular weight is 390 g/mol. The molecule has 0 heterocycles. The van der Waals surface area contributed by atoms with Crippen molar-refractivity contribution in [3.63, 3.8) is 0 Å². The number of halogens is 2. The SMILES string of the molecule is CC(=NNC(=O)c1ccc(Cl)c(Cl)c1)c1cccc(NC(=O)C2CC2)c1. The monoisotopic (exact) mass is 389 g/mol. The minimum absolute atomic E-state index is 0.0460. The number of benzene rings is 2. The molecule has 0 bridgehead atoms. The number of hydrogen-bond acceptors (Lipinski definition) is 3. The van der Waals surface area contributed by atoms with E-state index in [0.29, 0.717) is 27.0 Å². The summed E-state index contributed by atoms with van der Waals surface area (Å²) in [7, 11) is 0. The quantitative estimate of drug-likeness (QED) is 0.583. The lowest BCUT2D eigenvalue weighted by molar-refractivity contribution is -0.117. The topological polar surface area (TPSA) is 70.6 Å². The van der Waals surface area contributed by atoms with Gasteiger partial charge in [0, 0.05) is 17.2 Å². The van der Waals surface area contributed by atoms with Crippen LogP contribution in [0.25, 0.3) is 0 Å². The molecule has 7 heteroatoms. The van der Waals surface area contributed by atoms with Crippen LogP contribution in [0.2, 0.25) is 10.0 Å². The number of carbonyl (C=O) groups is 2. The highest BCUT2D eigenvalue weighted by molar-refractivity contribution is 6.42. The van der Waals surface area contributed by atoms with Crippen LogP contribution in [-0.4, -0.2) is 17.5 Å². The maximum absolute atomic E-state index is 12.2. The molecular weight excluding hydrogens is 373 g/mol. The molecule has 3 rings (SSSR count). The molecule has 1 fully saturated rings. The average Bonchev–Trinajstić information content (AvgIpc) is 3.47. The van der Waals surface area contributed by atoms with Crippen molar-refractivity contribution in [2.75, 3.05) is 5.32 Å². The first-order chi connectivity index (χ1) is 12.4. The van der Waals surface area contributed by atoms with Gasteiger partial charge in [-0.05, 0) is 55.7 Å². The summed E-state index contributed by atoms with van der Waals surface area (Å²) < 4.78 is 0. The third-order valence-corrected chi connectivity index (χ3v) is 4.74. The third kappa shape index (κ3) is 4.62. The van der Waals surface area contributed by atoms with Gasteiger partial charge in [-0.25, -0.2) is 5.43 Å². The van der Waals surface area contributed by atoms with Gasteiger partial charge in [0.25, 0.3) is 5.91 Å². The van der Waals surface area contributed by atoms with Crippen molar-refractivity contribution in [2.45, 2.75) is 19.8 Å². The van der Waals surface area contributed by atoms with Crippen LogP contribution in [0.5, 0.6) is 0 Å². The van der Waals surface area contributed by atoms with Crippen molar-refractivity contribution in [3.05, 3.63) is 63.6 Å². The number of carbonyl (C=O) groups excluding carboxylic acids is 2. The second-order valence-electron chi connectivity index (χ2n) is 6.11. The molecule has 2 aromatic carbocycles. The molecule has 0 saturated heterocycles. The second kappa shape index (κ2) is 7.89. The van der Waals surface area contributed by atoms with E-state index in [-0.39, 0.29) is 17.7 Å². The summed E-state index contributed by atoms with van der Waals surface area (Å²) in [4.78, 5) is 24.0. The van der Waals surface area contributed by atoms with E-state index < -0.39 is 0 Å². The highest BCUT2D eigenvalue weighted by atomic mass is 35.5. The molecule has 0 atom stereocenters. The smallest absolute Gasteiger partial charge is 0.271 e. The first-order valence-corrected chi connectivity index (χ1v) is 8.90. The molecule has 0 aliphatic heterocycles. The molecule has 26 heavy (non-hydrogen) atoms. The van der Waals surface area contributed by atoms with E-state index in [1.165, 1.54) is 6.07 Å². The van der Waals surface area contributed by atoms with Gasteiger partial charge in [0.2, 0.25) is 5.91 Å². The summed E-state index contributed by atoms with van der Waals surface area (Å²) >= 11 is 11.8. The van der Waals surface area contributed by atoms with Crippen molar-refractivity contribution in [1.29, 1.82) is 0 Å². The molecule has 2 N–H and O–H groups in total. The van der Waals surface area contributed by atoms with Gasteiger partial charge in [-0.2, -0.15) is 5.10 Å². The van der Waals surface area contributed by atoms with Crippen LogP contribution in [0, 0.1) is 5.92 Å². The summed E-state index contributed by atoms with van der Waals surface area (Å²) in [6.45, 7) is 1.77. The predicted octanol–water partition coefficient (Wildman–Crippen LogP) is 4.50. The van der Waals surface area contributed by atoms with Crippen LogP contribution < -0.4 is 10.7 Å². The van der Waals surface area contributed by atoms with E-state index in [2.05, 4.69) is 15.8 Å². The molecule has 1 aliphatic carbocycles. The number of anilines is 1. The largest absolute Gasteiger partial charge is 0.326 e. The van der Waals surface area contributed by atoms with Crippen LogP contribution in [-0.2, 0) is 4.79 Å². The molecule has 0 radical (unpaired) electrons. The summed E-state index contributed by atoms with van der Waals surface area (Å²) in [5, 5.41) is 7.70. The normalized spacial score (nSPS) is 14.0. The third-order valence-electron chi connectivity index (χ3n) is 4.00. The Kier molecular flexibility index (Phi) is 5.59. The second-order valence-corrected chi connectivity index (χ2v) is 6.93. The predicted molar refractivity (Wildman–Crippen MR) is 104 cm³/mol. The van der Waals surface area contributed by atoms with Gasteiger partial charge in [0.1, 0.15) is 0 Å². The lowest BCUT2D eigenvalue weighted by Crippen LogP contribution is -2.19. The molecule has 0 unspecified atom stereocenters. The fourth-order valence-electron chi connectivity index (χ4n) is 2.31. The Hall–Kier alpha value is -2.37. The maximum Gasteiger partial charge on any atom is 0.271 e. The summed E-state index contributed by atoms with van der Waals surface area (Å²) in [6.07, 6.45) is 1.90. The number of amides is 2. The number of rotatable bonds is 5. The Labute approximate surface area is 161 Å². The number of nitrogens with one attached hydrogen (secondary N) is 2. The maximum atomic E-state index is 12.2. The van der Waals surface area contributed by atoms with Gasteiger partial charge in [0.05, 0.1) is 15.8 Å². The molecule has 0 aromatic heterocycles. The van der Waals surface area contributed by atoms with Crippen molar-refractivity contribution in [3.8, 4) is 0 Å². The lowest BCUT2D eigenvalue weighted by Gasteiger charge is -2.07. The van der Waals surface area contributed by atoms with Gasteiger partial charge in [-0.1, -0.05) is 35.3 Å². The Morgan fingerprint density at radius 1 is 1.04 bits per heavy atom. The van der Waals surface area contributed by atoms with E-state index in [1.54, 1.807) is 19.1 Å². The van der Waals surface area contributed by atoms with Gasteiger partial charge in [-0.15, -0.1) is 0 Å². The van der Waals surface area contributed by atoms with Crippen LogP contribution in [0.4, 0.5) is 5.69 Å². The van der Waals surface area contributed by atoms with Crippen LogP contribution in [0.1, 0.15) is 35.7 Å². The van der Waals surface area contributed by atoms with Gasteiger partial charge in [0.15, 0.2) is 0 Å². The zero-order chi connectivity index (χ0) is 18.7. The molecule has 0 spiro atoms. The molecule has 2 aromatic rings. The highest BCUT2D eigenvalue weighted by Gasteiger charge is 2.29. The first kappa shape index (κ1) is 18.4. The molecule has 1 saturated carbocycles. The van der Waals surface area contributed by atoms with E-state index in [4.69, 9.17) is 23.2 Å². The van der Waals surface area contributed by atoms with Crippen LogP contribution >= 0.6 is 23.2 Å². The highest BCUT2D eigenvalue weighted by Crippen LogP contribution is 2.30. The van der Waals surface area contributed by atoms with Crippen molar-refractivity contribution in [1.82, 2.24) is 5.43 Å². The van der Waals surface area contributed by atoms with E-state index in [9.17, 15) is 9.59 Å². The van der Waals surface area contributed by atoms with Crippen molar-refractivity contribution in [2.24, 2.45) is 11.0 Å².